The summed E-state index contributed by atoms with van der Waals surface area (Å²) in [7, 11) is 0. The fourth-order valence-electron chi connectivity index (χ4n) is 1.25. The van der Waals surface area contributed by atoms with Crippen LogP contribution in [0.1, 0.15) is 0 Å². The summed E-state index contributed by atoms with van der Waals surface area (Å²) < 4.78 is 5.60. The Labute approximate surface area is 86.9 Å². The van der Waals surface area contributed by atoms with Crippen molar-refractivity contribution in [2.45, 2.75) is 4.90 Å². The lowest BCUT2D eigenvalue weighted by Gasteiger charge is -1.76. The van der Waals surface area contributed by atoms with Gasteiger partial charge in [-0.2, -0.15) is 0 Å². The van der Waals surface area contributed by atoms with Crippen molar-refractivity contribution in [2.24, 2.45) is 0 Å². The molecule has 0 radical (unpaired) electrons. The lowest BCUT2D eigenvalue weighted by molar-refractivity contribution is 1.75. The number of fused-ring (bicyclic) bond motifs is 3. The lowest BCUT2D eigenvalue weighted by atomic mass is 10.5. The molecule has 0 nitrogen and oxygen atoms in total. The molecular formula is C8H4S4. The lowest BCUT2D eigenvalue weighted by Crippen LogP contribution is -1.45. The quantitative estimate of drug-likeness (QED) is 0.539. The molecule has 0 aliphatic rings. The zero-order valence-corrected chi connectivity index (χ0v) is 9.25. The van der Waals surface area contributed by atoms with Crippen LogP contribution in [0.4, 0.5) is 0 Å². The van der Waals surface area contributed by atoms with Crippen LogP contribution in [0, 0.1) is 0 Å². The summed E-state index contributed by atoms with van der Waals surface area (Å²) in [5, 5.41) is 4.27. The van der Waals surface area contributed by atoms with E-state index in [9.17, 15) is 0 Å². The molecule has 0 unspecified atom stereocenters. The summed E-state index contributed by atoms with van der Waals surface area (Å²) >= 11 is 9.88. The molecule has 3 rings (SSSR count). The standard InChI is InChI=1S/C8H4S4/c9-4-3-11-8-6(4)12-5-1-2-10-7(5)8/h1-3,9H. The predicted molar refractivity (Wildman–Crippen MR) is 62.3 cm³/mol. The van der Waals surface area contributed by atoms with Gasteiger partial charge in [0.15, 0.2) is 0 Å². The molecule has 0 aliphatic heterocycles. The van der Waals surface area contributed by atoms with Crippen molar-refractivity contribution in [3.63, 3.8) is 0 Å². The summed E-state index contributed by atoms with van der Waals surface area (Å²) in [5.74, 6) is 0. The van der Waals surface area contributed by atoms with Gasteiger partial charge in [0.05, 0.1) is 14.1 Å². The Morgan fingerprint density at radius 2 is 2.00 bits per heavy atom. The molecule has 60 valence electrons. The van der Waals surface area contributed by atoms with Gasteiger partial charge in [-0.1, -0.05) is 0 Å². The first-order valence-electron chi connectivity index (χ1n) is 3.42. The summed E-state index contributed by atoms with van der Waals surface area (Å²) in [6, 6.07) is 2.19. The van der Waals surface area contributed by atoms with Gasteiger partial charge in [0.2, 0.25) is 0 Å². The number of thiophene rings is 3. The van der Waals surface area contributed by atoms with Crippen molar-refractivity contribution >= 4 is 65.4 Å². The first-order chi connectivity index (χ1) is 5.86. The van der Waals surface area contributed by atoms with Gasteiger partial charge in [-0.3, -0.25) is 0 Å². The van der Waals surface area contributed by atoms with E-state index in [-0.39, 0.29) is 0 Å². The summed E-state index contributed by atoms with van der Waals surface area (Å²) in [6.07, 6.45) is 0. The zero-order chi connectivity index (χ0) is 8.13. The number of hydrogen-bond donors (Lipinski definition) is 1. The molecule has 0 bridgehead atoms. The minimum absolute atomic E-state index is 1.13. The van der Waals surface area contributed by atoms with Gasteiger partial charge in [-0.05, 0) is 11.4 Å². The Kier molecular flexibility index (Phi) is 1.53. The van der Waals surface area contributed by atoms with Crippen molar-refractivity contribution in [3.8, 4) is 0 Å². The van der Waals surface area contributed by atoms with Gasteiger partial charge in [-0.25, -0.2) is 0 Å². The number of rotatable bonds is 0. The highest BCUT2D eigenvalue weighted by atomic mass is 32.1. The van der Waals surface area contributed by atoms with Crippen LogP contribution >= 0.6 is 46.6 Å². The monoisotopic (exact) mass is 228 g/mol. The number of hydrogen-bond acceptors (Lipinski definition) is 4. The molecule has 0 N–H and O–H groups in total. The third-order valence-corrected chi connectivity index (χ3v) is 5.96. The first kappa shape index (κ1) is 7.38. The second kappa shape index (κ2) is 2.48. The largest absolute Gasteiger partial charge is 0.141 e. The molecule has 12 heavy (non-hydrogen) atoms. The van der Waals surface area contributed by atoms with Crippen LogP contribution in [-0.2, 0) is 0 Å². The van der Waals surface area contributed by atoms with Crippen molar-refractivity contribution < 1.29 is 0 Å². The molecule has 0 spiro atoms. The van der Waals surface area contributed by atoms with E-state index in [2.05, 4.69) is 29.5 Å². The van der Waals surface area contributed by atoms with E-state index in [1.54, 1.807) is 11.3 Å². The molecule has 0 saturated carbocycles. The summed E-state index contributed by atoms with van der Waals surface area (Å²) in [4.78, 5) is 1.13. The molecule has 0 fully saturated rings. The Hall–Kier alpha value is -0.0300. The fraction of sp³-hybridized carbons (Fsp3) is 0. The zero-order valence-electron chi connectivity index (χ0n) is 5.90. The van der Waals surface area contributed by atoms with Gasteiger partial charge in [-0.15, -0.1) is 46.6 Å². The second-order valence-corrected chi connectivity index (χ2v) is 5.83. The van der Waals surface area contributed by atoms with Crippen LogP contribution < -0.4 is 0 Å². The topological polar surface area (TPSA) is 0 Å². The molecule has 0 amide bonds. The van der Waals surface area contributed by atoms with E-state index in [4.69, 9.17) is 0 Å². The minimum atomic E-state index is 1.13. The maximum absolute atomic E-state index is 4.41. The molecule has 3 aromatic heterocycles. The van der Waals surface area contributed by atoms with E-state index >= 15 is 0 Å². The van der Waals surface area contributed by atoms with Crippen LogP contribution in [0.25, 0.3) is 18.8 Å². The normalized spacial score (nSPS) is 11.8. The van der Waals surface area contributed by atoms with Crippen LogP contribution in [-0.4, -0.2) is 0 Å². The van der Waals surface area contributed by atoms with Gasteiger partial charge < -0.3 is 0 Å². The SMILES string of the molecule is Sc1csc2c1sc1ccsc12. The molecule has 0 saturated heterocycles. The van der Waals surface area contributed by atoms with Crippen molar-refractivity contribution in [3.05, 3.63) is 16.8 Å². The smallest absolute Gasteiger partial charge is 0.0641 e. The van der Waals surface area contributed by atoms with E-state index in [0.29, 0.717) is 0 Å². The highest BCUT2D eigenvalue weighted by Gasteiger charge is 2.09. The Bertz CT molecular complexity index is 539. The third-order valence-electron chi connectivity index (χ3n) is 1.77. The van der Waals surface area contributed by atoms with Crippen LogP contribution in [0.2, 0.25) is 0 Å². The highest BCUT2D eigenvalue weighted by Crippen LogP contribution is 2.43. The molecular weight excluding hydrogens is 224 g/mol. The fourth-order valence-corrected chi connectivity index (χ4v) is 5.27. The van der Waals surface area contributed by atoms with Gasteiger partial charge in [0.1, 0.15) is 0 Å². The average Bonchev–Trinajstić information content (AvgIpc) is 2.63. The predicted octanol–water partition coefficient (Wildman–Crippen LogP) is 4.47. The third kappa shape index (κ3) is 0.836. The molecule has 0 atom stereocenters. The maximum atomic E-state index is 4.41. The molecule has 3 heterocycles. The van der Waals surface area contributed by atoms with Crippen molar-refractivity contribution in [1.29, 1.82) is 0 Å². The van der Waals surface area contributed by atoms with Crippen molar-refractivity contribution in [1.82, 2.24) is 0 Å². The maximum Gasteiger partial charge on any atom is 0.0641 e. The van der Waals surface area contributed by atoms with E-state index in [1.165, 1.54) is 18.8 Å². The van der Waals surface area contributed by atoms with Crippen LogP contribution in [0.15, 0.2) is 21.7 Å². The minimum Gasteiger partial charge on any atom is -0.141 e. The Morgan fingerprint density at radius 1 is 1.08 bits per heavy atom. The molecule has 0 aromatic carbocycles. The van der Waals surface area contributed by atoms with Gasteiger partial charge >= 0.3 is 0 Å². The Morgan fingerprint density at radius 3 is 2.92 bits per heavy atom. The molecule has 0 aliphatic carbocycles. The van der Waals surface area contributed by atoms with Crippen molar-refractivity contribution in [2.75, 3.05) is 0 Å². The summed E-state index contributed by atoms with van der Waals surface area (Å²) in [6.45, 7) is 0. The Balaban J connectivity index is 2.68. The van der Waals surface area contributed by atoms with Crippen LogP contribution in [0.3, 0.4) is 0 Å². The first-order valence-corrected chi connectivity index (χ1v) is 6.45. The summed E-state index contributed by atoms with van der Waals surface area (Å²) in [5.41, 5.74) is 0. The van der Waals surface area contributed by atoms with E-state index in [1.807, 2.05) is 22.7 Å². The van der Waals surface area contributed by atoms with Gasteiger partial charge in [0, 0.05) is 15.0 Å². The number of thiol groups is 1. The molecule has 3 aromatic rings. The van der Waals surface area contributed by atoms with Gasteiger partial charge in [0.25, 0.3) is 0 Å². The highest BCUT2D eigenvalue weighted by molar-refractivity contribution is 7.81. The molecule has 4 heteroatoms. The average molecular weight is 228 g/mol. The second-order valence-electron chi connectivity index (χ2n) is 2.50. The van der Waals surface area contributed by atoms with E-state index < -0.39 is 0 Å². The van der Waals surface area contributed by atoms with Crippen LogP contribution in [0.5, 0.6) is 0 Å². The van der Waals surface area contributed by atoms with E-state index in [0.717, 1.165) is 4.90 Å².